The van der Waals surface area contributed by atoms with Crippen molar-refractivity contribution < 1.29 is 14.5 Å². The van der Waals surface area contributed by atoms with E-state index in [1.54, 1.807) is 12.3 Å². The molecule has 0 unspecified atom stereocenters. The normalized spacial score (nSPS) is 11.2. The van der Waals surface area contributed by atoms with Crippen LogP contribution in [0.4, 0.5) is 11.4 Å². The number of fused-ring (bicyclic) bond motifs is 3. The van der Waals surface area contributed by atoms with E-state index in [0.717, 1.165) is 21.8 Å². The number of nitrogens with zero attached hydrogens (tertiary/aromatic N) is 2. The first-order chi connectivity index (χ1) is 14.0. The highest BCUT2D eigenvalue weighted by atomic mass is 16.6. The molecule has 29 heavy (non-hydrogen) atoms. The van der Waals surface area contributed by atoms with Gasteiger partial charge in [-0.3, -0.25) is 19.9 Å². The molecule has 2 aromatic carbocycles. The van der Waals surface area contributed by atoms with Crippen molar-refractivity contribution in [3.8, 4) is 5.75 Å². The van der Waals surface area contributed by atoms with Crippen molar-refractivity contribution in [2.75, 3.05) is 12.4 Å². The molecule has 0 aliphatic heterocycles. The summed E-state index contributed by atoms with van der Waals surface area (Å²) in [6, 6.07) is 13.8. The molecule has 0 aliphatic rings. The Bertz CT molecular complexity index is 1280. The number of methoxy groups -OCH3 is 1. The quantitative estimate of drug-likeness (QED) is 0.301. The largest absolute Gasteiger partial charge is 0.495 e. The van der Waals surface area contributed by atoms with E-state index in [2.05, 4.69) is 15.3 Å². The van der Waals surface area contributed by atoms with Crippen molar-refractivity contribution in [3.05, 3.63) is 76.6 Å². The number of rotatable bonds is 5. The third kappa shape index (κ3) is 3.63. The molecule has 0 fully saturated rings. The second-order valence-electron chi connectivity index (χ2n) is 6.29. The molecule has 2 aromatic heterocycles. The number of nitro benzene ring substituents is 1. The molecule has 2 heterocycles. The van der Waals surface area contributed by atoms with Gasteiger partial charge in [-0.2, -0.15) is 0 Å². The topological polar surface area (TPSA) is 110 Å². The minimum atomic E-state index is -0.536. The zero-order valence-corrected chi connectivity index (χ0v) is 15.4. The minimum absolute atomic E-state index is 0.142. The number of anilines is 1. The third-order valence-corrected chi connectivity index (χ3v) is 4.47. The van der Waals surface area contributed by atoms with E-state index < -0.39 is 10.8 Å². The molecule has 0 saturated heterocycles. The first-order valence-electron chi connectivity index (χ1n) is 8.73. The summed E-state index contributed by atoms with van der Waals surface area (Å²) in [6.07, 6.45) is 4.62. The van der Waals surface area contributed by atoms with Gasteiger partial charge in [-0.1, -0.05) is 18.2 Å². The van der Waals surface area contributed by atoms with Gasteiger partial charge < -0.3 is 15.0 Å². The number of para-hydroxylation sites is 1. The fraction of sp³-hybridized carbons (Fsp3) is 0.0476. The van der Waals surface area contributed by atoms with E-state index in [4.69, 9.17) is 4.74 Å². The summed E-state index contributed by atoms with van der Waals surface area (Å²) in [5.41, 5.74) is 2.62. The number of aromatic amines is 1. The van der Waals surface area contributed by atoms with Crippen molar-refractivity contribution in [1.82, 2.24) is 9.97 Å². The van der Waals surface area contributed by atoms with E-state index >= 15 is 0 Å². The van der Waals surface area contributed by atoms with E-state index in [9.17, 15) is 14.9 Å². The molecular weight excluding hydrogens is 372 g/mol. The Kier molecular flexibility index (Phi) is 4.66. The number of aromatic nitrogens is 2. The van der Waals surface area contributed by atoms with Crippen molar-refractivity contribution in [2.45, 2.75) is 0 Å². The Hall–Kier alpha value is -4.20. The van der Waals surface area contributed by atoms with Crippen LogP contribution in [0, 0.1) is 10.1 Å². The smallest absolute Gasteiger partial charge is 0.271 e. The second-order valence-corrected chi connectivity index (χ2v) is 6.29. The molecule has 4 rings (SSSR count). The van der Waals surface area contributed by atoms with Crippen LogP contribution in [0.25, 0.3) is 27.9 Å². The zero-order chi connectivity index (χ0) is 20.4. The lowest BCUT2D eigenvalue weighted by atomic mass is 10.1. The third-order valence-electron chi connectivity index (χ3n) is 4.47. The number of ether oxygens (including phenoxy) is 1. The Labute approximate surface area is 165 Å². The molecule has 0 aliphatic carbocycles. The molecule has 4 aromatic rings. The molecule has 0 bridgehead atoms. The summed E-state index contributed by atoms with van der Waals surface area (Å²) in [5, 5.41) is 15.6. The standard InChI is InChI=1S/C21H16N4O4/c1-29-20-8-7-14(25(27)28)11-18(20)24-21(26)9-6-13-10-16-15-4-2-3-5-17(15)23-19(16)12-22-13/h2-12,23H,1H3,(H,24,26)/b9-6+. The summed E-state index contributed by atoms with van der Waals surface area (Å²) in [5.74, 6) is -0.125. The Morgan fingerprint density at radius 3 is 2.79 bits per heavy atom. The predicted molar refractivity (Wildman–Crippen MR) is 111 cm³/mol. The van der Waals surface area contributed by atoms with Crippen LogP contribution < -0.4 is 10.1 Å². The van der Waals surface area contributed by atoms with Crippen LogP contribution in [-0.4, -0.2) is 27.9 Å². The van der Waals surface area contributed by atoms with Gasteiger partial charge in [-0.15, -0.1) is 0 Å². The van der Waals surface area contributed by atoms with Crippen molar-refractivity contribution in [1.29, 1.82) is 0 Å². The van der Waals surface area contributed by atoms with Crippen LogP contribution in [0.1, 0.15) is 5.69 Å². The Morgan fingerprint density at radius 1 is 1.17 bits per heavy atom. The Balaban J connectivity index is 1.58. The number of carbonyl (C=O) groups is 1. The maximum atomic E-state index is 12.3. The summed E-state index contributed by atoms with van der Waals surface area (Å²) in [6.45, 7) is 0. The lowest BCUT2D eigenvalue weighted by Gasteiger charge is -2.08. The average molecular weight is 388 g/mol. The molecule has 8 nitrogen and oxygen atoms in total. The lowest BCUT2D eigenvalue weighted by molar-refractivity contribution is -0.384. The molecule has 0 atom stereocenters. The maximum absolute atomic E-state index is 12.3. The van der Waals surface area contributed by atoms with E-state index in [1.165, 1.54) is 31.4 Å². The number of carbonyl (C=O) groups excluding carboxylic acids is 1. The molecular formula is C21H16N4O4. The highest BCUT2D eigenvalue weighted by Gasteiger charge is 2.13. The number of nitrogens with one attached hydrogen (secondary N) is 2. The summed E-state index contributed by atoms with van der Waals surface area (Å²) in [4.78, 5) is 30.4. The number of benzene rings is 2. The van der Waals surface area contributed by atoms with Gasteiger partial charge in [0, 0.05) is 34.5 Å². The molecule has 144 valence electrons. The Morgan fingerprint density at radius 2 is 2.00 bits per heavy atom. The van der Waals surface area contributed by atoms with Gasteiger partial charge in [-0.05, 0) is 24.3 Å². The highest BCUT2D eigenvalue weighted by molar-refractivity contribution is 6.08. The van der Waals surface area contributed by atoms with Crippen LogP contribution in [0.5, 0.6) is 5.75 Å². The number of pyridine rings is 1. The molecule has 0 radical (unpaired) electrons. The lowest BCUT2D eigenvalue weighted by Crippen LogP contribution is -2.09. The van der Waals surface area contributed by atoms with E-state index in [0.29, 0.717) is 11.4 Å². The van der Waals surface area contributed by atoms with Crippen molar-refractivity contribution in [2.24, 2.45) is 0 Å². The van der Waals surface area contributed by atoms with Crippen LogP contribution in [0.3, 0.4) is 0 Å². The van der Waals surface area contributed by atoms with Gasteiger partial charge in [-0.25, -0.2) is 0 Å². The minimum Gasteiger partial charge on any atom is -0.495 e. The monoisotopic (exact) mass is 388 g/mol. The summed E-state index contributed by atoms with van der Waals surface area (Å²) < 4.78 is 5.15. The molecule has 0 saturated carbocycles. The maximum Gasteiger partial charge on any atom is 0.271 e. The first-order valence-corrected chi connectivity index (χ1v) is 8.73. The van der Waals surface area contributed by atoms with Gasteiger partial charge in [0.05, 0.1) is 35.1 Å². The van der Waals surface area contributed by atoms with Gasteiger partial charge in [0.2, 0.25) is 5.91 Å². The molecule has 1 amide bonds. The van der Waals surface area contributed by atoms with Crippen LogP contribution in [0.15, 0.2) is 60.8 Å². The number of amides is 1. The zero-order valence-electron chi connectivity index (χ0n) is 15.4. The van der Waals surface area contributed by atoms with Gasteiger partial charge in [0.25, 0.3) is 5.69 Å². The van der Waals surface area contributed by atoms with E-state index in [1.807, 2.05) is 30.3 Å². The highest BCUT2D eigenvalue weighted by Crippen LogP contribution is 2.29. The SMILES string of the molecule is COc1ccc([N+](=O)[O-])cc1NC(=O)/C=C/c1cc2c(cn1)[nH]c1ccccc12. The van der Waals surface area contributed by atoms with Crippen LogP contribution in [-0.2, 0) is 4.79 Å². The fourth-order valence-corrected chi connectivity index (χ4v) is 3.10. The first kappa shape index (κ1) is 18.2. The number of non-ortho nitro benzene ring substituents is 1. The summed E-state index contributed by atoms with van der Waals surface area (Å²) in [7, 11) is 1.42. The second kappa shape index (κ2) is 7.43. The van der Waals surface area contributed by atoms with E-state index in [-0.39, 0.29) is 11.4 Å². The predicted octanol–water partition coefficient (Wildman–Crippen LogP) is 4.28. The summed E-state index contributed by atoms with van der Waals surface area (Å²) >= 11 is 0. The average Bonchev–Trinajstić information content (AvgIpc) is 3.10. The van der Waals surface area contributed by atoms with Crippen LogP contribution in [0.2, 0.25) is 0 Å². The van der Waals surface area contributed by atoms with Gasteiger partial charge >= 0.3 is 0 Å². The van der Waals surface area contributed by atoms with Crippen LogP contribution >= 0.6 is 0 Å². The van der Waals surface area contributed by atoms with Gasteiger partial charge in [0.1, 0.15) is 5.75 Å². The number of hydrogen-bond acceptors (Lipinski definition) is 5. The number of H-pyrrole nitrogens is 1. The van der Waals surface area contributed by atoms with Crippen molar-refractivity contribution in [3.63, 3.8) is 0 Å². The fourth-order valence-electron chi connectivity index (χ4n) is 3.10. The number of nitro groups is 1. The van der Waals surface area contributed by atoms with Crippen molar-refractivity contribution >= 4 is 45.2 Å². The molecule has 0 spiro atoms. The number of hydrogen-bond donors (Lipinski definition) is 2. The molecule has 2 N–H and O–H groups in total. The molecule has 8 heteroatoms. The van der Waals surface area contributed by atoms with Gasteiger partial charge in [0.15, 0.2) is 0 Å².